The second kappa shape index (κ2) is 5.03. The molecule has 5 heteroatoms. The van der Waals surface area contributed by atoms with Crippen molar-refractivity contribution in [2.75, 3.05) is 0 Å². The molecule has 0 aromatic carbocycles. The van der Waals surface area contributed by atoms with Gasteiger partial charge < -0.3 is 0 Å². The third kappa shape index (κ3) is 2.41. The van der Waals surface area contributed by atoms with Crippen molar-refractivity contribution < 1.29 is 4.79 Å². The van der Waals surface area contributed by atoms with Crippen LogP contribution in [0.25, 0.3) is 5.82 Å². The average Bonchev–Trinajstić information content (AvgIpc) is 2.77. The third-order valence-electron chi connectivity index (χ3n) is 2.28. The molecule has 0 saturated carbocycles. The minimum Gasteiger partial charge on any atom is -0.294 e. The van der Waals surface area contributed by atoms with Crippen LogP contribution in [0, 0.1) is 11.8 Å². The highest BCUT2D eigenvalue weighted by Crippen LogP contribution is 2.16. The standard InChI is InChI=1S/C13H10ClN3O/c1-3-4-10-7-8-17(16-10)13-11(9(2)18)5-6-12(14)15-13/h5-8H,1-2H3. The van der Waals surface area contributed by atoms with Gasteiger partial charge in [-0.1, -0.05) is 17.5 Å². The second-order valence-corrected chi connectivity index (χ2v) is 3.97. The fourth-order valence-electron chi connectivity index (χ4n) is 1.51. The van der Waals surface area contributed by atoms with Gasteiger partial charge in [0.1, 0.15) is 10.8 Å². The van der Waals surface area contributed by atoms with Gasteiger partial charge in [0.05, 0.1) is 5.56 Å². The molecule has 90 valence electrons. The molecule has 0 fully saturated rings. The predicted molar refractivity (Wildman–Crippen MR) is 68.9 cm³/mol. The number of carbonyl (C=O) groups excluding carboxylic acids is 1. The summed E-state index contributed by atoms with van der Waals surface area (Å²) in [6.45, 7) is 3.21. The van der Waals surface area contributed by atoms with Crippen molar-refractivity contribution in [2.45, 2.75) is 13.8 Å². The van der Waals surface area contributed by atoms with E-state index in [1.807, 2.05) is 0 Å². The van der Waals surface area contributed by atoms with Crippen molar-refractivity contribution in [1.82, 2.24) is 14.8 Å². The topological polar surface area (TPSA) is 47.8 Å². The maximum Gasteiger partial charge on any atom is 0.165 e. The molecule has 2 heterocycles. The van der Waals surface area contributed by atoms with Crippen molar-refractivity contribution in [3.8, 4) is 17.7 Å². The molecular formula is C13H10ClN3O. The number of halogens is 1. The van der Waals surface area contributed by atoms with E-state index >= 15 is 0 Å². The van der Waals surface area contributed by atoms with Crippen LogP contribution < -0.4 is 0 Å². The molecule has 0 radical (unpaired) electrons. The number of nitrogens with zero attached hydrogens (tertiary/aromatic N) is 3. The molecule has 0 atom stereocenters. The van der Waals surface area contributed by atoms with Crippen LogP contribution in [-0.2, 0) is 0 Å². The van der Waals surface area contributed by atoms with Crippen LogP contribution in [0.15, 0.2) is 24.4 Å². The third-order valence-corrected chi connectivity index (χ3v) is 2.49. The maximum absolute atomic E-state index is 11.5. The zero-order chi connectivity index (χ0) is 13.1. The molecule has 0 amide bonds. The number of rotatable bonds is 2. The summed E-state index contributed by atoms with van der Waals surface area (Å²) in [5.74, 6) is 5.92. The Bertz CT molecular complexity index is 664. The van der Waals surface area contributed by atoms with Crippen molar-refractivity contribution in [3.05, 3.63) is 40.8 Å². The first-order valence-electron chi connectivity index (χ1n) is 5.28. The van der Waals surface area contributed by atoms with Crippen molar-refractivity contribution in [3.63, 3.8) is 0 Å². The lowest BCUT2D eigenvalue weighted by molar-refractivity contribution is 0.101. The van der Waals surface area contributed by atoms with Crippen LogP contribution in [-0.4, -0.2) is 20.5 Å². The molecule has 0 bridgehead atoms. The Labute approximate surface area is 110 Å². The SMILES string of the molecule is CC#Cc1ccn(-c2nc(Cl)ccc2C(C)=O)n1. The Kier molecular flexibility index (Phi) is 3.45. The normalized spacial score (nSPS) is 9.72. The Morgan fingerprint density at radius 3 is 2.83 bits per heavy atom. The maximum atomic E-state index is 11.5. The average molecular weight is 260 g/mol. The van der Waals surface area contributed by atoms with Crippen LogP contribution in [0.1, 0.15) is 29.9 Å². The van der Waals surface area contributed by atoms with E-state index in [1.165, 1.54) is 11.6 Å². The van der Waals surface area contributed by atoms with E-state index in [2.05, 4.69) is 21.9 Å². The van der Waals surface area contributed by atoms with E-state index in [0.29, 0.717) is 22.2 Å². The second-order valence-electron chi connectivity index (χ2n) is 3.58. The summed E-state index contributed by atoms with van der Waals surface area (Å²) in [4.78, 5) is 15.7. The Balaban J connectivity index is 2.56. The number of aromatic nitrogens is 3. The molecule has 0 N–H and O–H groups in total. The fourth-order valence-corrected chi connectivity index (χ4v) is 1.65. The quantitative estimate of drug-likeness (QED) is 0.473. The van der Waals surface area contributed by atoms with Crippen LogP contribution in [0.4, 0.5) is 0 Å². The summed E-state index contributed by atoms with van der Waals surface area (Å²) >= 11 is 5.85. The number of Topliss-reactive ketones (excluding diaryl/α,β-unsaturated/α-hetero) is 1. The molecule has 2 aromatic rings. The van der Waals surface area contributed by atoms with Crippen LogP contribution in [0.3, 0.4) is 0 Å². The van der Waals surface area contributed by atoms with Gasteiger partial charge in [0.25, 0.3) is 0 Å². The zero-order valence-corrected chi connectivity index (χ0v) is 10.7. The van der Waals surface area contributed by atoms with Crippen LogP contribution in [0.5, 0.6) is 0 Å². The highest BCUT2D eigenvalue weighted by molar-refractivity contribution is 6.29. The van der Waals surface area contributed by atoms with Crippen LogP contribution >= 0.6 is 11.6 Å². The predicted octanol–water partition coefficient (Wildman–Crippen LogP) is 2.49. The summed E-state index contributed by atoms with van der Waals surface area (Å²) in [6.07, 6.45) is 1.70. The summed E-state index contributed by atoms with van der Waals surface area (Å²) < 4.78 is 1.50. The fraction of sp³-hybridized carbons (Fsp3) is 0.154. The first kappa shape index (κ1) is 12.3. The molecule has 0 unspecified atom stereocenters. The lowest BCUT2D eigenvalue weighted by Crippen LogP contribution is -2.07. The first-order valence-corrected chi connectivity index (χ1v) is 5.66. The molecule has 2 aromatic heterocycles. The van der Waals surface area contributed by atoms with Gasteiger partial charge in [-0.15, -0.1) is 0 Å². The van der Waals surface area contributed by atoms with E-state index in [-0.39, 0.29) is 5.78 Å². The summed E-state index contributed by atoms with van der Waals surface area (Å²) in [7, 11) is 0. The number of ketones is 1. The molecular weight excluding hydrogens is 250 g/mol. The minimum absolute atomic E-state index is 0.0900. The monoisotopic (exact) mass is 259 g/mol. The summed E-state index contributed by atoms with van der Waals surface area (Å²) in [5.41, 5.74) is 1.09. The Hall–Kier alpha value is -2.12. The highest BCUT2D eigenvalue weighted by Gasteiger charge is 2.12. The molecule has 0 aliphatic rings. The summed E-state index contributed by atoms with van der Waals surface area (Å²) in [5, 5.41) is 4.54. The van der Waals surface area contributed by atoms with Gasteiger partial charge in [-0.05, 0) is 38.0 Å². The Morgan fingerprint density at radius 2 is 2.17 bits per heavy atom. The van der Waals surface area contributed by atoms with Crippen LogP contribution in [0.2, 0.25) is 5.15 Å². The van der Waals surface area contributed by atoms with E-state index in [1.54, 1.807) is 31.3 Å². The van der Waals surface area contributed by atoms with E-state index in [0.717, 1.165) is 0 Å². The summed E-state index contributed by atoms with van der Waals surface area (Å²) in [6, 6.07) is 4.97. The van der Waals surface area contributed by atoms with Gasteiger partial charge in [-0.2, -0.15) is 5.10 Å². The van der Waals surface area contributed by atoms with Crippen molar-refractivity contribution >= 4 is 17.4 Å². The lowest BCUT2D eigenvalue weighted by Gasteiger charge is -2.05. The van der Waals surface area contributed by atoms with E-state index in [4.69, 9.17) is 11.6 Å². The number of pyridine rings is 1. The molecule has 0 aliphatic heterocycles. The van der Waals surface area contributed by atoms with E-state index < -0.39 is 0 Å². The smallest absolute Gasteiger partial charge is 0.165 e. The van der Waals surface area contributed by atoms with Gasteiger partial charge in [-0.3, -0.25) is 4.79 Å². The van der Waals surface area contributed by atoms with Gasteiger partial charge in [0.15, 0.2) is 11.6 Å². The molecule has 4 nitrogen and oxygen atoms in total. The zero-order valence-electron chi connectivity index (χ0n) is 9.94. The van der Waals surface area contributed by atoms with E-state index in [9.17, 15) is 4.79 Å². The molecule has 0 aliphatic carbocycles. The Morgan fingerprint density at radius 1 is 1.39 bits per heavy atom. The number of carbonyl (C=O) groups is 1. The minimum atomic E-state index is -0.0900. The lowest BCUT2D eigenvalue weighted by atomic mass is 10.2. The molecule has 18 heavy (non-hydrogen) atoms. The molecule has 0 saturated heterocycles. The number of hydrogen-bond donors (Lipinski definition) is 0. The van der Waals surface area contributed by atoms with Gasteiger partial charge in [0, 0.05) is 6.20 Å². The van der Waals surface area contributed by atoms with Crippen molar-refractivity contribution in [2.24, 2.45) is 0 Å². The van der Waals surface area contributed by atoms with Gasteiger partial charge >= 0.3 is 0 Å². The first-order chi connectivity index (χ1) is 8.61. The van der Waals surface area contributed by atoms with Crippen molar-refractivity contribution in [1.29, 1.82) is 0 Å². The van der Waals surface area contributed by atoms with Gasteiger partial charge in [0.2, 0.25) is 0 Å². The highest BCUT2D eigenvalue weighted by atomic mass is 35.5. The molecule has 0 spiro atoms. The largest absolute Gasteiger partial charge is 0.294 e. The molecule has 2 rings (SSSR count). The number of hydrogen-bond acceptors (Lipinski definition) is 3. The van der Waals surface area contributed by atoms with Gasteiger partial charge in [-0.25, -0.2) is 9.67 Å².